The normalized spacial score (nSPS) is 16.1. The van der Waals surface area contributed by atoms with Crippen LogP contribution < -0.4 is 9.62 Å². The zero-order chi connectivity index (χ0) is 25.7. The Kier molecular flexibility index (Phi) is 6.01. The van der Waals surface area contributed by atoms with Crippen LogP contribution in [-0.4, -0.2) is 52.5 Å². The highest BCUT2D eigenvalue weighted by molar-refractivity contribution is 7.92. The summed E-state index contributed by atoms with van der Waals surface area (Å²) in [5.41, 5.74) is 2.81. The van der Waals surface area contributed by atoms with Gasteiger partial charge in [-0.05, 0) is 37.1 Å². The molecule has 0 atom stereocenters. The van der Waals surface area contributed by atoms with Gasteiger partial charge in [0.25, 0.3) is 5.92 Å². The zero-order valence-electron chi connectivity index (χ0n) is 19.8. The second-order valence-corrected chi connectivity index (χ2v) is 10.9. The lowest BCUT2D eigenvalue weighted by molar-refractivity contribution is -0.0222. The number of aromatic nitrogens is 4. The van der Waals surface area contributed by atoms with Crippen LogP contribution in [0, 0.1) is 12.7 Å². The van der Waals surface area contributed by atoms with Crippen LogP contribution in [-0.2, 0) is 10.0 Å². The fraction of sp³-hybridized carbons (Fsp3) is 0.375. The molecular weight excluding hydrogens is 493 g/mol. The number of hydrogen-bond acceptors (Lipinski definition) is 6. The van der Waals surface area contributed by atoms with Crippen molar-refractivity contribution in [3.8, 4) is 11.1 Å². The van der Waals surface area contributed by atoms with E-state index in [1.165, 1.54) is 12.1 Å². The third-order valence-corrected chi connectivity index (χ3v) is 7.65. The molecule has 3 aromatic heterocycles. The van der Waals surface area contributed by atoms with Crippen LogP contribution in [0.25, 0.3) is 27.8 Å². The molecule has 5 rings (SSSR count). The molecule has 4 heterocycles. The molecule has 0 aliphatic carbocycles. The third-order valence-electron chi connectivity index (χ3n) is 6.17. The molecule has 0 amide bonds. The predicted molar refractivity (Wildman–Crippen MR) is 133 cm³/mol. The molecule has 1 aliphatic heterocycles. The molecule has 36 heavy (non-hydrogen) atoms. The molecule has 1 aromatic carbocycles. The smallest absolute Gasteiger partial charge is 0.251 e. The van der Waals surface area contributed by atoms with Crippen LogP contribution >= 0.6 is 0 Å². The Morgan fingerprint density at radius 3 is 2.56 bits per heavy atom. The van der Waals surface area contributed by atoms with Gasteiger partial charge in [0.05, 0.1) is 17.1 Å². The Labute approximate surface area is 206 Å². The summed E-state index contributed by atoms with van der Waals surface area (Å²) in [6.45, 7) is 3.88. The van der Waals surface area contributed by atoms with Crippen LogP contribution in [0.2, 0.25) is 0 Å². The van der Waals surface area contributed by atoms with E-state index in [1.54, 1.807) is 40.8 Å². The first-order valence-corrected chi connectivity index (χ1v) is 13.3. The van der Waals surface area contributed by atoms with E-state index in [4.69, 9.17) is 0 Å². The number of alkyl halides is 2. The van der Waals surface area contributed by atoms with Crippen molar-refractivity contribution in [2.24, 2.45) is 0 Å². The molecule has 0 saturated carbocycles. The second-order valence-electron chi connectivity index (χ2n) is 9.04. The van der Waals surface area contributed by atoms with Crippen molar-refractivity contribution in [3.63, 3.8) is 0 Å². The van der Waals surface area contributed by atoms with Gasteiger partial charge in [0.15, 0.2) is 5.65 Å². The number of anilines is 2. The highest BCUT2D eigenvalue weighted by atomic mass is 32.2. The molecule has 1 saturated heterocycles. The van der Waals surface area contributed by atoms with E-state index in [0.717, 1.165) is 0 Å². The van der Waals surface area contributed by atoms with E-state index >= 15 is 0 Å². The number of nitrogens with zero attached hydrogens (tertiary/aromatic N) is 5. The molecule has 0 radical (unpaired) electrons. The predicted octanol–water partition coefficient (Wildman–Crippen LogP) is 4.78. The van der Waals surface area contributed by atoms with Gasteiger partial charge in [0.2, 0.25) is 16.0 Å². The van der Waals surface area contributed by atoms with E-state index in [9.17, 15) is 21.6 Å². The quantitative estimate of drug-likeness (QED) is 0.395. The number of aryl methyl sites for hydroxylation is 1. The fourth-order valence-corrected chi connectivity index (χ4v) is 5.53. The summed E-state index contributed by atoms with van der Waals surface area (Å²) in [6, 6.07) is 6.07. The maximum Gasteiger partial charge on any atom is 0.251 e. The molecule has 190 valence electrons. The lowest BCUT2D eigenvalue weighted by Gasteiger charge is -2.31. The zero-order valence-corrected chi connectivity index (χ0v) is 20.6. The highest BCUT2D eigenvalue weighted by Crippen LogP contribution is 2.33. The third kappa shape index (κ3) is 4.69. The number of piperidine rings is 1. The number of nitrogens with one attached hydrogen (secondary N) is 1. The average Bonchev–Trinajstić information content (AvgIpc) is 3.21. The Morgan fingerprint density at radius 1 is 1.11 bits per heavy atom. The highest BCUT2D eigenvalue weighted by Gasteiger charge is 2.35. The molecule has 0 bridgehead atoms. The minimum Gasteiger partial charge on any atom is -0.340 e. The maximum absolute atomic E-state index is 14.9. The first-order valence-electron chi connectivity index (χ1n) is 11.6. The van der Waals surface area contributed by atoms with Crippen molar-refractivity contribution in [1.82, 2.24) is 19.4 Å². The van der Waals surface area contributed by atoms with Crippen molar-refractivity contribution in [1.29, 1.82) is 0 Å². The molecule has 12 heteroatoms. The van der Waals surface area contributed by atoms with Crippen molar-refractivity contribution in [3.05, 3.63) is 48.2 Å². The van der Waals surface area contributed by atoms with E-state index in [-0.39, 0.29) is 37.4 Å². The summed E-state index contributed by atoms with van der Waals surface area (Å²) >= 11 is 0. The van der Waals surface area contributed by atoms with Crippen molar-refractivity contribution < 1.29 is 21.6 Å². The maximum atomic E-state index is 14.9. The first-order chi connectivity index (χ1) is 17.0. The fourth-order valence-electron chi connectivity index (χ4n) is 4.39. The summed E-state index contributed by atoms with van der Waals surface area (Å²) in [7, 11) is -3.63. The number of rotatable bonds is 6. The number of imidazole rings is 1. The first kappa shape index (κ1) is 24.3. The van der Waals surface area contributed by atoms with Gasteiger partial charge in [-0.25, -0.2) is 31.6 Å². The van der Waals surface area contributed by atoms with Crippen LogP contribution in [0.4, 0.5) is 24.8 Å². The monoisotopic (exact) mass is 518 g/mol. The summed E-state index contributed by atoms with van der Waals surface area (Å²) in [4.78, 5) is 15.4. The van der Waals surface area contributed by atoms with Crippen molar-refractivity contribution >= 4 is 38.3 Å². The molecule has 1 aliphatic rings. The van der Waals surface area contributed by atoms with Crippen LogP contribution in [0.5, 0.6) is 0 Å². The van der Waals surface area contributed by atoms with E-state index < -0.39 is 21.8 Å². The summed E-state index contributed by atoms with van der Waals surface area (Å²) in [6.07, 6.45) is 3.34. The number of sulfonamides is 1. The molecular formula is C24H25F3N6O2S. The van der Waals surface area contributed by atoms with Gasteiger partial charge >= 0.3 is 0 Å². The standard InChI is InChI=1S/C24H25F3N6O2S/c1-3-10-36(34,35)31-20-5-4-16(12-19(20)25)18-11-17-13-28-23(32-8-6-24(26,27)7-9-32)30-21(17)33-14-15(2)29-22(18)33/h4-5,11-14,31H,3,6-10H2,1-2H3. The molecule has 1 fully saturated rings. The summed E-state index contributed by atoms with van der Waals surface area (Å²) in [5.74, 6) is -3.11. The van der Waals surface area contributed by atoms with Crippen LogP contribution in [0.15, 0.2) is 36.7 Å². The minimum atomic E-state index is -3.63. The number of benzene rings is 1. The van der Waals surface area contributed by atoms with Gasteiger partial charge in [0, 0.05) is 49.3 Å². The number of pyridine rings is 1. The summed E-state index contributed by atoms with van der Waals surface area (Å²) in [5, 5.41) is 0.661. The van der Waals surface area contributed by atoms with E-state index in [2.05, 4.69) is 19.7 Å². The van der Waals surface area contributed by atoms with Gasteiger partial charge in [0.1, 0.15) is 11.5 Å². The minimum absolute atomic E-state index is 0.102. The summed E-state index contributed by atoms with van der Waals surface area (Å²) < 4.78 is 70.3. The number of hydrogen-bond donors (Lipinski definition) is 1. The Morgan fingerprint density at radius 2 is 1.86 bits per heavy atom. The van der Waals surface area contributed by atoms with Gasteiger partial charge in [-0.15, -0.1) is 0 Å². The van der Waals surface area contributed by atoms with Crippen molar-refractivity contribution in [2.75, 3.05) is 28.5 Å². The lowest BCUT2D eigenvalue weighted by atomic mass is 10.0. The molecule has 8 nitrogen and oxygen atoms in total. The largest absolute Gasteiger partial charge is 0.340 e. The van der Waals surface area contributed by atoms with Gasteiger partial charge in [-0.3, -0.25) is 9.12 Å². The van der Waals surface area contributed by atoms with Crippen LogP contribution in [0.3, 0.4) is 0 Å². The number of fused-ring (bicyclic) bond motifs is 3. The van der Waals surface area contributed by atoms with Crippen LogP contribution in [0.1, 0.15) is 31.9 Å². The van der Waals surface area contributed by atoms with Gasteiger partial charge in [-0.2, -0.15) is 4.98 Å². The Bertz CT molecular complexity index is 1560. The average molecular weight is 519 g/mol. The second kappa shape index (κ2) is 8.91. The Balaban J connectivity index is 1.55. The van der Waals surface area contributed by atoms with Gasteiger partial charge < -0.3 is 4.90 Å². The Hall–Kier alpha value is -3.41. The van der Waals surface area contributed by atoms with Gasteiger partial charge in [-0.1, -0.05) is 13.0 Å². The molecule has 0 spiro atoms. The molecule has 0 unspecified atom stereocenters. The SMILES string of the molecule is CCCS(=O)(=O)Nc1ccc(-c2cc3cnc(N4CCC(F)(F)CC4)nc3n3cc(C)nc23)cc1F. The topological polar surface area (TPSA) is 92.5 Å². The van der Waals surface area contributed by atoms with Crippen molar-refractivity contribution in [2.45, 2.75) is 39.0 Å². The van der Waals surface area contributed by atoms with E-state index in [1.807, 2.05) is 6.92 Å². The number of halogens is 3. The lowest BCUT2D eigenvalue weighted by Crippen LogP contribution is -2.40. The van der Waals surface area contributed by atoms with E-state index in [0.29, 0.717) is 45.9 Å². The molecule has 4 aromatic rings. The molecule has 1 N–H and O–H groups in total.